The third-order valence-corrected chi connectivity index (χ3v) is 5.18. The normalized spacial score (nSPS) is 17.6. The zero-order valence-electron chi connectivity index (χ0n) is 15.5. The summed E-state index contributed by atoms with van der Waals surface area (Å²) in [5, 5.41) is 2.20. The molecule has 0 N–H and O–H groups in total. The van der Waals surface area contributed by atoms with Gasteiger partial charge in [0.25, 0.3) is 0 Å². The van der Waals surface area contributed by atoms with E-state index >= 15 is 0 Å². The Hall–Kier alpha value is -3.38. The summed E-state index contributed by atoms with van der Waals surface area (Å²) in [7, 11) is 0. The summed E-state index contributed by atoms with van der Waals surface area (Å²) < 4.78 is 11.0. The highest BCUT2D eigenvalue weighted by Gasteiger charge is 2.43. The second-order valence-electron chi connectivity index (χ2n) is 6.85. The molecule has 6 nitrogen and oxygen atoms in total. The molecule has 2 aliphatic heterocycles. The highest BCUT2D eigenvalue weighted by atomic mass is 35.5. The van der Waals surface area contributed by atoms with Gasteiger partial charge < -0.3 is 14.3 Å². The Morgan fingerprint density at radius 1 is 0.897 bits per heavy atom. The lowest BCUT2D eigenvalue weighted by molar-refractivity contribution is 0.164. The molecule has 0 saturated carbocycles. The number of fused-ring (bicyclic) bond motifs is 1. The lowest BCUT2D eigenvalue weighted by Gasteiger charge is -2.27. The molecule has 2 heterocycles. The summed E-state index contributed by atoms with van der Waals surface area (Å²) >= 11 is 6.04. The number of aryl methyl sites for hydroxylation is 1. The Morgan fingerprint density at radius 3 is 2.34 bits per heavy atom. The highest BCUT2D eigenvalue weighted by molar-refractivity contribution is 6.30. The first-order chi connectivity index (χ1) is 14.1. The second kappa shape index (κ2) is 6.90. The van der Waals surface area contributed by atoms with E-state index in [1.807, 2.05) is 49.4 Å². The van der Waals surface area contributed by atoms with E-state index in [0.717, 1.165) is 16.8 Å². The minimum atomic E-state index is -0.527. The smallest absolute Gasteiger partial charge is 0.440 e. The van der Waals surface area contributed by atoms with E-state index in [4.69, 9.17) is 25.9 Å². The van der Waals surface area contributed by atoms with Crippen LogP contribution in [-0.4, -0.2) is 12.9 Å². The molecule has 1 fully saturated rings. The molecule has 1 atom stereocenters. The van der Waals surface area contributed by atoms with Gasteiger partial charge in [0.15, 0.2) is 17.7 Å². The van der Waals surface area contributed by atoms with Crippen molar-refractivity contribution in [2.45, 2.75) is 13.1 Å². The molecule has 0 aliphatic carbocycles. The van der Waals surface area contributed by atoms with Crippen molar-refractivity contribution in [1.82, 2.24) is 0 Å². The van der Waals surface area contributed by atoms with E-state index in [-0.39, 0.29) is 6.79 Å². The number of carbonyl (C=O) groups is 1. The lowest BCUT2D eigenvalue weighted by Crippen LogP contribution is -2.31. The molecule has 0 unspecified atom stereocenters. The average molecular weight is 409 g/mol. The molecule has 146 valence electrons. The topological polar surface area (TPSA) is 51.2 Å². The maximum Gasteiger partial charge on any atom is 0.440 e. The van der Waals surface area contributed by atoms with Gasteiger partial charge >= 0.3 is 6.09 Å². The number of ether oxygens (including phenoxy) is 2. The summed E-state index contributed by atoms with van der Waals surface area (Å²) in [5.41, 5.74) is 3.39. The van der Waals surface area contributed by atoms with Gasteiger partial charge in [-0.2, -0.15) is 5.06 Å². The summed E-state index contributed by atoms with van der Waals surface area (Å²) in [6.07, 6.45) is -1.00. The van der Waals surface area contributed by atoms with Crippen LogP contribution in [-0.2, 0) is 4.84 Å². The standard InChI is InChI=1S/C22H17ClN2O4/c1-14-2-7-18(8-3-14)25-21(15-4-11-19-20(12-15)28-13-27-19)24(22(26)29-25)17-9-5-16(23)6-10-17/h2-12,21H,13H2,1H3/t21-/m0/s1. The van der Waals surface area contributed by atoms with Crippen LogP contribution in [0.2, 0.25) is 5.02 Å². The molecule has 3 aromatic carbocycles. The fourth-order valence-electron chi connectivity index (χ4n) is 3.47. The fourth-order valence-corrected chi connectivity index (χ4v) is 3.60. The van der Waals surface area contributed by atoms with Crippen molar-refractivity contribution in [2.75, 3.05) is 16.8 Å². The van der Waals surface area contributed by atoms with Crippen molar-refractivity contribution < 1.29 is 19.1 Å². The van der Waals surface area contributed by atoms with Crippen LogP contribution in [0.15, 0.2) is 66.7 Å². The van der Waals surface area contributed by atoms with E-state index in [9.17, 15) is 4.79 Å². The minimum absolute atomic E-state index is 0.182. The van der Waals surface area contributed by atoms with Gasteiger partial charge in [-0.1, -0.05) is 35.4 Å². The zero-order chi connectivity index (χ0) is 20.0. The van der Waals surface area contributed by atoms with Crippen molar-refractivity contribution in [2.24, 2.45) is 0 Å². The van der Waals surface area contributed by atoms with E-state index in [1.165, 1.54) is 0 Å². The van der Waals surface area contributed by atoms with Crippen molar-refractivity contribution in [3.63, 3.8) is 0 Å². The molecule has 1 amide bonds. The zero-order valence-corrected chi connectivity index (χ0v) is 16.3. The number of hydroxylamine groups is 1. The SMILES string of the molecule is Cc1ccc(N2OC(=O)N(c3ccc(Cl)cc3)[C@@H]2c2ccc3c(c2)OCO3)cc1. The number of hydrogen-bond donors (Lipinski definition) is 0. The molecule has 0 aromatic heterocycles. The first kappa shape index (κ1) is 17.7. The summed E-state index contributed by atoms with van der Waals surface area (Å²) in [6, 6.07) is 20.5. The number of hydrogen-bond acceptors (Lipinski definition) is 5. The van der Waals surface area contributed by atoms with Crippen LogP contribution >= 0.6 is 11.6 Å². The van der Waals surface area contributed by atoms with Crippen LogP contribution < -0.4 is 19.4 Å². The largest absolute Gasteiger partial charge is 0.454 e. The van der Waals surface area contributed by atoms with Gasteiger partial charge in [-0.25, -0.2) is 9.69 Å². The van der Waals surface area contributed by atoms with Crippen molar-refractivity contribution in [3.05, 3.63) is 82.9 Å². The predicted octanol–water partition coefficient (Wildman–Crippen LogP) is 5.45. The molecule has 5 rings (SSSR count). The van der Waals surface area contributed by atoms with Crippen molar-refractivity contribution in [1.29, 1.82) is 0 Å². The molecule has 29 heavy (non-hydrogen) atoms. The summed E-state index contributed by atoms with van der Waals surface area (Å²) in [4.78, 5) is 20.2. The molecule has 2 aliphatic rings. The van der Waals surface area contributed by atoms with Gasteiger partial charge in [0.1, 0.15) is 0 Å². The van der Waals surface area contributed by atoms with Crippen LogP contribution in [0.3, 0.4) is 0 Å². The van der Waals surface area contributed by atoms with E-state index < -0.39 is 12.3 Å². The van der Waals surface area contributed by atoms with Crippen LogP contribution in [0.5, 0.6) is 11.5 Å². The number of halogens is 1. The van der Waals surface area contributed by atoms with Gasteiger partial charge in [-0.15, -0.1) is 0 Å². The van der Waals surface area contributed by atoms with Crippen LogP contribution in [0, 0.1) is 6.92 Å². The van der Waals surface area contributed by atoms with Gasteiger partial charge in [-0.05, 0) is 55.5 Å². The Balaban J connectivity index is 1.62. The monoisotopic (exact) mass is 408 g/mol. The van der Waals surface area contributed by atoms with Gasteiger partial charge in [0, 0.05) is 16.3 Å². The molecule has 0 radical (unpaired) electrons. The third-order valence-electron chi connectivity index (χ3n) is 4.93. The first-order valence-electron chi connectivity index (χ1n) is 9.12. The van der Waals surface area contributed by atoms with E-state index in [2.05, 4.69) is 0 Å². The minimum Gasteiger partial charge on any atom is -0.454 e. The van der Waals surface area contributed by atoms with E-state index in [1.54, 1.807) is 34.2 Å². The Kier molecular flexibility index (Phi) is 4.21. The van der Waals surface area contributed by atoms with E-state index in [0.29, 0.717) is 22.2 Å². The van der Waals surface area contributed by atoms with Crippen LogP contribution in [0.25, 0.3) is 0 Å². The lowest BCUT2D eigenvalue weighted by atomic mass is 10.1. The molecule has 3 aromatic rings. The molecule has 1 saturated heterocycles. The number of anilines is 2. The molecule has 7 heteroatoms. The van der Waals surface area contributed by atoms with Gasteiger partial charge in [-0.3, -0.25) is 0 Å². The van der Waals surface area contributed by atoms with Crippen LogP contribution in [0.1, 0.15) is 17.3 Å². The van der Waals surface area contributed by atoms with Gasteiger partial charge in [0.05, 0.1) is 5.69 Å². The maximum atomic E-state index is 12.9. The fraction of sp³-hybridized carbons (Fsp3) is 0.136. The summed E-state index contributed by atoms with van der Waals surface area (Å²) in [5.74, 6) is 1.32. The molecular formula is C22H17ClN2O4. The predicted molar refractivity (Wildman–Crippen MR) is 109 cm³/mol. The summed E-state index contributed by atoms with van der Waals surface area (Å²) in [6.45, 7) is 2.19. The molecule has 0 bridgehead atoms. The van der Waals surface area contributed by atoms with Crippen molar-refractivity contribution >= 4 is 29.1 Å². The Morgan fingerprint density at radius 2 is 1.59 bits per heavy atom. The quantitative estimate of drug-likeness (QED) is 0.576. The Bertz CT molecular complexity index is 1070. The number of benzene rings is 3. The third kappa shape index (κ3) is 3.11. The number of rotatable bonds is 3. The number of carbonyl (C=O) groups excluding carboxylic acids is 1. The second-order valence-corrected chi connectivity index (χ2v) is 7.29. The molecular weight excluding hydrogens is 392 g/mol. The molecule has 0 spiro atoms. The average Bonchev–Trinajstić information content (AvgIpc) is 3.33. The Labute approximate surface area is 172 Å². The van der Waals surface area contributed by atoms with Gasteiger partial charge in [0.2, 0.25) is 6.79 Å². The highest BCUT2D eigenvalue weighted by Crippen LogP contribution is 2.43. The number of amides is 1. The van der Waals surface area contributed by atoms with Crippen molar-refractivity contribution in [3.8, 4) is 11.5 Å². The number of nitrogens with zero attached hydrogens (tertiary/aromatic N) is 2. The van der Waals surface area contributed by atoms with Crippen LogP contribution in [0.4, 0.5) is 16.2 Å². The maximum absolute atomic E-state index is 12.9. The first-order valence-corrected chi connectivity index (χ1v) is 9.50.